The van der Waals surface area contributed by atoms with E-state index in [1.165, 1.54) is 0 Å². The van der Waals surface area contributed by atoms with Crippen molar-refractivity contribution in [1.29, 1.82) is 0 Å². The molecule has 2 rings (SSSR count). The Morgan fingerprint density at radius 3 is 2.27 bits per heavy atom. The standard InChI is InChI=1S/C18H27N3O/c1-17(2)12-15(19)13-18(3,4)21(17)16(22)20-11-10-14-8-6-5-7-9-14/h5-11,15H,12-13,19H2,1-4H3,(H,20,22)/b11-10+. The molecule has 3 N–H and O–H groups in total. The van der Waals surface area contributed by atoms with Crippen LogP contribution < -0.4 is 11.1 Å². The monoisotopic (exact) mass is 301 g/mol. The SMILES string of the molecule is CC1(C)CC(N)CC(C)(C)N1C(=O)N/C=C/c1ccccc1. The highest BCUT2D eigenvalue weighted by atomic mass is 16.2. The van der Waals surface area contributed by atoms with Gasteiger partial charge in [0.25, 0.3) is 0 Å². The number of carbonyl (C=O) groups is 1. The van der Waals surface area contributed by atoms with Gasteiger partial charge in [-0.2, -0.15) is 0 Å². The highest BCUT2D eigenvalue weighted by Crippen LogP contribution is 2.37. The molecule has 0 saturated carbocycles. The third-order valence-corrected chi connectivity index (χ3v) is 4.22. The maximum atomic E-state index is 12.6. The first-order valence-corrected chi connectivity index (χ1v) is 7.80. The van der Waals surface area contributed by atoms with Crippen LogP contribution in [0.2, 0.25) is 0 Å². The highest BCUT2D eigenvalue weighted by molar-refractivity contribution is 5.78. The summed E-state index contributed by atoms with van der Waals surface area (Å²) in [5.41, 5.74) is 6.69. The van der Waals surface area contributed by atoms with E-state index >= 15 is 0 Å². The lowest BCUT2D eigenvalue weighted by Crippen LogP contribution is -2.66. The van der Waals surface area contributed by atoms with Gasteiger partial charge in [-0.05, 0) is 52.2 Å². The van der Waals surface area contributed by atoms with Crippen molar-refractivity contribution in [1.82, 2.24) is 10.2 Å². The topological polar surface area (TPSA) is 58.4 Å². The van der Waals surface area contributed by atoms with Gasteiger partial charge in [-0.15, -0.1) is 0 Å². The molecular weight excluding hydrogens is 274 g/mol. The minimum absolute atomic E-state index is 0.0749. The maximum absolute atomic E-state index is 12.6. The van der Waals surface area contributed by atoms with Gasteiger partial charge in [-0.25, -0.2) is 4.79 Å². The van der Waals surface area contributed by atoms with Crippen molar-refractivity contribution in [2.75, 3.05) is 0 Å². The summed E-state index contributed by atoms with van der Waals surface area (Å²) in [6, 6.07) is 9.97. The number of piperidine rings is 1. The van der Waals surface area contributed by atoms with Crippen molar-refractivity contribution in [3.8, 4) is 0 Å². The number of carbonyl (C=O) groups excluding carboxylic acids is 1. The van der Waals surface area contributed by atoms with E-state index in [0.29, 0.717) is 0 Å². The van der Waals surface area contributed by atoms with Crippen LogP contribution in [-0.4, -0.2) is 28.1 Å². The van der Waals surface area contributed by atoms with Gasteiger partial charge < -0.3 is 16.0 Å². The Morgan fingerprint density at radius 1 is 1.18 bits per heavy atom. The van der Waals surface area contributed by atoms with Crippen molar-refractivity contribution in [2.45, 2.75) is 57.7 Å². The summed E-state index contributed by atoms with van der Waals surface area (Å²) >= 11 is 0. The van der Waals surface area contributed by atoms with E-state index in [1.807, 2.05) is 41.3 Å². The van der Waals surface area contributed by atoms with Gasteiger partial charge in [0.2, 0.25) is 0 Å². The molecule has 1 aromatic carbocycles. The number of nitrogens with zero attached hydrogens (tertiary/aromatic N) is 1. The first-order chi connectivity index (χ1) is 10.2. The van der Waals surface area contributed by atoms with Crippen LogP contribution in [0.15, 0.2) is 36.5 Å². The molecule has 4 heteroatoms. The lowest BCUT2D eigenvalue weighted by molar-refractivity contribution is 0.00444. The number of benzene rings is 1. The van der Waals surface area contributed by atoms with Gasteiger partial charge in [0.05, 0.1) is 0 Å². The molecule has 1 aliphatic rings. The first-order valence-electron chi connectivity index (χ1n) is 7.80. The third-order valence-electron chi connectivity index (χ3n) is 4.22. The van der Waals surface area contributed by atoms with Gasteiger partial charge in [-0.3, -0.25) is 0 Å². The average Bonchev–Trinajstić information content (AvgIpc) is 2.36. The fraction of sp³-hybridized carbons (Fsp3) is 0.500. The summed E-state index contributed by atoms with van der Waals surface area (Å²) in [4.78, 5) is 14.6. The van der Waals surface area contributed by atoms with Crippen molar-refractivity contribution < 1.29 is 4.79 Å². The molecule has 0 unspecified atom stereocenters. The maximum Gasteiger partial charge on any atom is 0.322 e. The number of likely N-dealkylation sites (tertiary alicyclic amines) is 1. The van der Waals surface area contributed by atoms with Gasteiger partial charge in [0, 0.05) is 23.3 Å². The number of rotatable bonds is 2. The Labute approximate surface area is 133 Å². The molecule has 4 nitrogen and oxygen atoms in total. The van der Waals surface area contributed by atoms with Gasteiger partial charge >= 0.3 is 6.03 Å². The molecule has 0 bridgehead atoms. The molecule has 0 aliphatic carbocycles. The zero-order valence-corrected chi connectivity index (χ0v) is 14.0. The molecule has 22 heavy (non-hydrogen) atoms. The second-order valence-electron chi connectivity index (χ2n) is 7.32. The smallest absolute Gasteiger partial charge is 0.322 e. The molecule has 120 valence electrons. The summed E-state index contributed by atoms with van der Waals surface area (Å²) in [7, 11) is 0. The van der Waals surface area contributed by atoms with E-state index in [1.54, 1.807) is 6.20 Å². The molecule has 1 fully saturated rings. The third kappa shape index (κ3) is 3.69. The van der Waals surface area contributed by atoms with Crippen LogP contribution in [0.25, 0.3) is 6.08 Å². The molecule has 0 aromatic heterocycles. The summed E-state index contributed by atoms with van der Waals surface area (Å²) in [5.74, 6) is 0. The lowest BCUT2D eigenvalue weighted by atomic mass is 9.77. The molecule has 2 amide bonds. The van der Waals surface area contributed by atoms with E-state index in [4.69, 9.17) is 5.73 Å². The number of urea groups is 1. The Bertz CT molecular complexity index is 531. The average molecular weight is 301 g/mol. The predicted octanol–water partition coefficient (Wildman–Crippen LogP) is 3.35. The zero-order valence-electron chi connectivity index (χ0n) is 14.0. The lowest BCUT2D eigenvalue weighted by Gasteiger charge is -2.54. The first kappa shape index (κ1) is 16.6. The minimum atomic E-state index is -0.258. The Hall–Kier alpha value is -1.81. The Balaban J connectivity index is 2.09. The highest BCUT2D eigenvalue weighted by Gasteiger charge is 2.46. The van der Waals surface area contributed by atoms with Crippen molar-refractivity contribution in [3.05, 3.63) is 42.1 Å². The summed E-state index contributed by atoms with van der Waals surface area (Å²) < 4.78 is 0. The van der Waals surface area contributed by atoms with Crippen molar-refractivity contribution >= 4 is 12.1 Å². The van der Waals surface area contributed by atoms with Crippen LogP contribution in [0.3, 0.4) is 0 Å². The number of hydrogen-bond acceptors (Lipinski definition) is 2. The Kier molecular flexibility index (Phi) is 4.61. The molecular formula is C18H27N3O. The van der Waals surface area contributed by atoms with Crippen molar-refractivity contribution in [2.24, 2.45) is 5.73 Å². The van der Waals surface area contributed by atoms with E-state index in [2.05, 4.69) is 33.0 Å². The summed E-state index contributed by atoms with van der Waals surface area (Å²) in [5, 5.41) is 2.89. The van der Waals surface area contributed by atoms with Crippen LogP contribution >= 0.6 is 0 Å². The second kappa shape index (κ2) is 6.13. The summed E-state index contributed by atoms with van der Waals surface area (Å²) in [6.45, 7) is 8.31. The van der Waals surface area contributed by atoms with Crippen molar-refractivity contribution in [3.63, 3.8) is 0 Å². The van der Waals surface area contributed by atoms with Gasteiger partial charge in [0.15, 0.2) is 0 Å². The number of amides is 2. The quantitative estimate of drug-likeness (QED) is 0.880. The van der Waals surface area contributed by atoms with Gasteiger partial charge in [0.1, 0.15) is 0 Å². The molecule has 0 radical (unpaired) electrons. The molecule has 0 spiro atoms. The van der Waals surface area contributed by atoms with E-state index < -0.39 is 0 Å². The Morgan fingerprint density at radius 2 is 1.73 bits per heavy atom. The van der Waals surface area contributed by atoms with E-state index in [9.17, 15) is 4.79 Å². The molecule has 1 aliphatic heterocycles. The molecule has 1 heterocycles. The fourth-order valence-corrected chi connectivity index (χ4v) is 3.75. The van der Waals surface area contributed by atoms with Gasteiger partial charge in [-0.1, -0.05) is 30.3 Å². The predicted molar refractivity (Wildman–Crippen MR) is 91.2 cm³/mol. The van der Waals surface area contributed by atoms with E-state index in [0.717, 1.165) is 18.4 Å². The van der Waals surface area contributed by atoms with E-state index in [-0.39, 0.29) is 23.2 Å². The van der Waals surface area contributed by atoms with Crippen LogP contribution in [-0.2, 0) is 0 Å². The fourth-order valence-electron chi connectivity index (χ4n) is 3.75. The minimum Gasteiger partial charge on any atom is -0.328 e. The normalized spacial score (nSPS) is 21.0. The number of nitrogens with one attached hydrogen (secondary N) is 1. The van der Waals surface area contributed by atoms with Crippen LogP contribution in [0.1, 0.15) is 46.1 Å². The van der Waals surface area contributed by atoms with Crippen LogP contribution in [0, 0.1) is 0 Å². The largest absolute Gasteiger partial charge is 0.328 e. The number of hydrogen-bond donors (Lipinski definition) is 2. The second-order valence-corrected chi connectivity index (χ2v) is 7.32. The molecule has 0 atom stereocenters. The zero-order chi connectivity index (χ0) is 16.4. The molecule has 1 aromatic rings. The van der Waals surface area contributed by atoms with Crippen LogP contribution in [0.4, 0.5) is 4.79 Å². The molecule has 1 saturated heterocycles. The van der Waals surface area contributed by atoms with Crippen LogP contribution in [0.5, 0.6) is 0 Å². The number of nitrogens with two attached hydrogens (primary N) is 1. The summed E-state index contributed by atoms with van der Waals surface area (Å²) in [6.07, 6.45) is 5.23.